The van der Waals surface area contributed by atoms with E-state index >= 15 is 0 Å². The Labute approximate surface area is 204 Å². The number of aliphatic carboxylic acids is 1. The molecule has 1 fully saturated rings. The van der Waals surface area contributed by atoms with Crippen molar-refractivity contribution in [3.8, 4) is 5.75 Å². The Balaban J connectivity index is 1.34. The Hall–Kier alpha value is -2.52. The average molecular weight is 513 g/mol. The molecule has 0 spiro atoms. The summed E-state index contributed by atoms with van der Waals surface area (Å²) in [7, 11) is 0. The molecular weight excluding hydrogens is 489 g/mol. The molecule has 0 aliphatic carbocycles. The van der Waals surface area contributed by atoms with Crippen LogP contribution in [0, 0.1) is 5.41 Å². The molecule has 0 amide bonds. The molecule has 3 aromatic rings. The SMILES string of the molecule is CC1(CCOc2cc(CC(=O)O)ccc2Cl)CCN(c2nc3ccc(C(F)(F)F)cc3s2)CC1. The third-order valence-corrected chi connectivity index (χ3v) is 7.65. The fourth-order valence-corrected chi connectivity index (χ4v) is 5.29. The molecular formula is C24H24ClF3N2O3S. The van der Waals surface area contributed by atoms with Gasteiger partial charge in [0, 0.05) is 13.1 Å². The maximum absolute atomic E-state index is 13.0. The molecule has 1 N–H and O–H groups in total. The highest BCUT2D eigenvalue weighted by molar-refractivity contribution is 7.22. The lowest BCUT2D eigenvalue weighted by Crippen LogP contribution is -2.39. The summed E-state index contributed by atoms with van der Waals surface area (Å²) in [6, 6.07) is 8.65. The smallest absolute Gasteiger partial charge is 0.416 e. The predicted octanol–water partition coefficient (Wildman–Crippen LogP) is 6.67. The standard InChI is InChI=1S/C24H24ClF3N2O3S/c1-23(8-11-33-19-12-15(13-21(31)32)2-4-17(19)25)6-9-30(10-7-23)22-29-18-5-3-16(24(26,27)28)14-20(18)34-22/h2-5,12,14H,6-11,13H2,1H3,(H,31,32). The van der Waals surface area contributed by atoms with E-state index in [9.17, 15) is 18.0 Å². The quantitative estimate of drug-likeness (QED) is 0.383. The van der Waals surface area contributed by atoms with Crippen LogP contribution in [0.5, 0.6) is 5.75 Å². The molecule has 182 valence electrons. The summed E-state index contributed by atoms with van der Waals surface area (Å²) in [6.45, 7) is 4.17. The van der Waals surface area contributed by atoms with E-state index < -0.39 is 17.7 Å². The summed E-state index contributed by atoms with van der Waals surface area (Å²) in [4.78, 5) is 17.6. The van der Waals surface area contributed by atoms with Crippen molar-refractivity contribution in [2.45, 2.75) is 38.8 Å². The molecule has 5 nitrogen and oxygen atoms in total. The summed E-state index contributed by atoms with van der Waals surface area (Å²) >= 11 is 7.49. The summed E-state index contributed by atoms with van der Waals surface area (Å²) in [5.41, 5.74) is 0.596. The molecule has 1 aliphatic rings. The van der Waals surface area contributed by atoms with Crippen molar-refractivity contribution >= 4 is 44.3 Å². The van der Waals surface area contributed by atoms with Crippen LogP contribution in [0.25, 0.3) is 10.2 Å². The maximum Gasteiger partial charge on any atom is 0.416 e. The van der Waals surface area contributed by atoms with Crippen LogP contribution in [0.1, 0.15) is 37.3 Å². The van der Waals surface area contributed by atoms with Crippen molar-refractivity contribution in [1.29, 1.82) is 0 Å². The monoisotopic (exact) mass is 512 g/mol. The number of thiazole rings is 1. The van der Waals surface area contributed by atoms with Crippen molar-refractivity contribution in [2.24, 2.45) is 5.41 Å². The first-order valence-electron chi connectivity index (χ1n) is 10.9. The number of aromatic nitrogens is 1. The van der Waals surface area contributed by atoms with Crippen molar-refractivity contribution in [3.63, 3.8) is 0 Å². The number of hydrogen-bond acceptors (Lipinski definition) is 5. The van der Waals surface area contributed by atoms with E-state index in [1.54, 1.807) is 18.2 Å². The van der Waals surface area contributed by atoms with Crippen LogP contribution in [0.3, 0.4) is 0 Å². The largest absolute Gasteiger partial charge is 0.492 e. The molecule has 0 radical (unpaired) electrons. The normalized spacial score (nSPS) is 16.1. The Morgan fingerprint density at radius 1 is 1.24 bits per heavy atom. The Kier molecular flexibility index (Phi) is 6.96. The molecule has 10 heteroatoms. The predicted molar refractivity (Wildman–Crippen MR) is 127 cm³/mol. The van der Waals surface area contributed by atoms with Gasteiger partial charge in [-0.1, -0.05) is 35.9 Å². The first kappa shape index (κ1) is 24.6. The number of fused-ring (bicyclic) bond motifs is 1. The molecule has 2 heterocycles. The highest BCUT2D eigenvalue weighted by Crippen LogP contribution is 2.40. The van der Waals surface area contributed by atoms with E-state index in [1.165, 1.54) is 23.5 Å². The van der Waals surface area contributed by atoms with E-state index in [1.807, 2.05) is 0 Å². The average Bonchev–Trinajstić information content (AvgIpc) is 3.19. The molecule has 0 atom stereocenters. The molecule has 4 rings (SSSR count). The lowest BCUT2D eigenvalue weighted by atomic mass is 9.78. The molecule has 34 heavy (non-hydrogen) atoms. The summed E-state index contributed by atoms with van der Waals surface area (Å²) < 4.78 is 45.4. The van der Waals surface area contributed by atoms with E-state index in [0.717, 1.165) is 43.5 Å². The third kappa shape index (κ3) is 5.75. The van der Waals surface area contributed by atoms with Gasteiger partial charge in [-0.2, -0.15) is 13.2 Å². The van der Waals surface area contributed by atoms with Gasteiger partial charge in [0.1, 0.15) is 5.75 Å². The first-order valence-corrected chi connectivity index (χ1v) is 12.1. The summed E-state index contributed by atoms with van der Waals surface area (Å²) in [5, 5.41) is 10.2. The molecule has 0 unspecified atom stereocenters. The molecule has 0 bridgehead atoms. The number of halogens is 4. The number of nitrogens with zero attached hydrogens (tertiary/aromatic N) is 2. The van der Waals surface area contributed by atoms with Crippen molar-refractivity contribution < 1.29 is 27.8 Å². The number of hydrogen-bond donors (Lipinski definition) is 1. The fourth-order valence-electron chi connectivity index (χ4n) is 4.06. The molecule has 1 aromatic heterocycles. The zero-order chi connectivity index (χ0) is 24.5. The number of ether oxygens (including phenoxy) is 1. The van der Waals surface area contributed by atoms with Gasteiger partial charge < -0.3 is 14.7 Å². The van der Waals surface area contributed by atoms with Crippen LogP contribution >= 0.6 is 22.9 Å². The topological polar surface area (TPSA) is 62.7 Å². The second-order valence-corrected chi connectivity index (χ2v) is 10.3. The van der Waals surface area contributed by atoms with Crippen LogP contribution in [0.2, 0.25) is 5.02 Å². The van der Waals surface area contributed by atoms with Crippen LogP contribution in [-0.4, -0.2) is 35.8 Å². The Morgan fingerprint density at radius 2 is 1.97 bits per heavy atom. The maximum atomic E-state index is 13.0. The van der Waals surface area contributed by atoms with Gasteiger partial charge in [0.05, 0.1) is 33.8 Å². The highest BCUT2D eigenvalue weighted by atomic mass is 35.5. The number of carboxylic acid groups (broad SMARTS) is 1. The van der Waals surface area contributed by atoms with Crippen LogP contribution in [-0.2, 0) is 17.4 Å². The van der Waals surface area contributed by atoms with Gasteiger partial charge in [0.15, 0.2) is 5.13 Å². The lowest BCUT2D eigenvalue weighted by Gasteiger charge is -2.39. The lowest BCUT2D eigenvalue weighted by molar-refractivity contribution is -0.138. The van der Waals surface area contributed by atoms with Gasteiger partial charge in [0.2, 0.25) is 0 Å². The van der Waals surface area contributed by atoms with E-state index in [2.05, 4.69) is 16.8 Å². The van der Waals surface area contributed by atoms with E-state index in [-0.39, 0.29) is 11.8 Å². The zero-order valence-electron chi connectivity index (χ0n) is 18.5. The summed E-state index contributed by atoms with van der Waals surface area (Å²) in [5.74, 6) is -0.435. The number of anilines is 1. The molecule has 1 aliphatic heterocycles. The molecule has 1 saturated heterocycles. The molecule has 2 aromatic carbocycles. The van der Waals surface area contributed by atoms with Crippen LogP contribution in [0.4, 0.5) is 18.3 Å². The number of alkyl halides is 3. The summed E-state index contributed by atoms with van der Waals surface area (Å²) in [6.07, 6.45) is -1.87. The van der Waals surface area contributed by atoms with Crippen molar-refractivity contribution in [2.75, 3.05) is 24.6 Å². The minimum Gasteiger partial charge on any atom is -0.492 e. The van der Waals surface area contributed by atoms with Gasteiger partial charge in [0.25, 0.3) is 0 Å². The number of benzene rings is 2. The Bertz CT molecular complexity index is 1190. The van der Waals surface area contributed by atoms with E-state index in [4.69, 9.17) is 21.4 Å². The van der Waals surface area contributed by atoms with Gasteiger partial charge >= 0.3 is 12.1 Å². The Morgan fingerprint density at radius 3 is 2.65 bits per heavy atom. The van der Waals surface area contributed by atoms with Gasteiger partial charge in [-0.3, -0.25) is 4.79 Å². The van der Waals surface area contributed by atoms with Gasteiger partial charge in [-0.15, -0.1) is 0 Å². The second kappa shape index (κ2) is 9.62. The minimum atomic E-state index is -4.37. The van der Waals surface area contributed by atoms with Gasteiger partial charge in [-0.05, 0) is 60.6 Å². The van der Waals surface area contributed by atoms with Crippen LogP contribution < -0.4 is 9.64 Å². The number of piperidine rings is 1. The fraction of sp³-hybridized carbons (Fsp3) is 0.417. The van der Waals surface area contributed by atoms with E-state index in [0.29, 0.717) is 33.2 Å². The third-order valence-electron chi connectivity index (χ3n) is 6.26. The number of carboxylic acids is 1. The first-order chi connectivity index (χ1) is 16.0. The minimum absolute atomic E-state index is 0.0434. The molecule has 0 saturated carbocycles. The van der Waals surface area contributed by atoms with Crippen LogP contribution in [0.15, 0.2) is 36.4 Å². The van der Waals surface area contributed by atoms with Crippen molar-refractivity contribution in [3.05, 3.63) is 52.5 Å². The zero-order valence-corrected chi connectivity index (χ0v) is 20.1. The second-order valence-electron chi connectivity index (χ2n) is 8.91. The van der Waals surface area contributed by atoms with Gasteiger partial charge in [-0.25, -0.2) is 4.98 Å². The number of carbonyl (C=O) groups is 1. The number of rotatable bonds is 7. The highest BCUT2D eigenvalue weighted by Gasteiger charge is 2.33. The van der Waals surface area contributed by atoms with Crippen molar-refractivity contribution in [1.82, 2.24) is 4.98 Å².